The molecule has 1 aromatic rings. The fourth-order valence-electron chi connectivity index (χ4n) is 1.07. The molecule has 16 heavy (non-hydrogen) atoms. The molecule has 0 bridgehead atoms. The second-order valence-corrected chi connectivity index (χ2v) is 4.24. The monoisotopic (exact) mass is 248 g/mol. The summed E-state index contributed by atoms with van der Waals surface area (Å²) < 4.78 is 47.0. The van der Waals surface area contributed by atoms with Crippen molar-refractivity contribution >= 4 is 15.7 Å². The molecule has 0 aliphatic carbocycles. The van der Waals surface area contributed by atoms with Crippen molar-refractivity contribution in [1.82, 2.24) is 4.98 Å². The molecule has 0 fully saturated rings. The van der Waals surface area contributed by atoms with Crippen molar-refractivity contribution in [3.05, 3.63) is 17.3 Å². The molecule has 1 rings (SSSR count). The van der Waals surface area contributed by atoms with Crippen LogP contribution in [0.3, 0.4) is 0 Å². The van der Waals surface area contributed by atoms with E-state index < -0.39 is 38.3 Å². The average Bonchev–Trinajstić information content (AvgIpc) is 2.14. The number of nitrogens with zero attached hydrogens (tertiary/aromatic N) is 2. The zero-order chi connectivity index (χ0) is 12.5. The van der Waals surface area contributed by atoms with Crippen LogP contribution >= 0.6 is 0 Å². The number of hydrogen-bond acceptors (Lipinski definition) is 5. The van der Waals surface area contributed by atoms with Gasteiger partial charge >= 0.3 is 0 Å². The Kier molecular flexibility index (Phi) is 3.06. The van der Waals surface area contributed by atoms with Crippen molar-refractivity contribution < 1.29 is 17.2 Å². The fraction of sp³-hybridized carbons (Fsp3) is 0.143. The first-order valence-corrected chi connectivity index (χ1v) is 5.33. The summed E-state index contributed by atoms with van der Waals surface area (Å²) in [7, 11) is -4.29. The van der Waals surface area contributed by atoms with Gasteiger partial charge in [-0.25, -0.2) is 27.3 Å². The zero-order valence-electron chi connectivity index (χ0n) is 7.68. The number of nitrogens with two attached hydrogens (primary N) is 2. The molecule has 4 N–H and O–H groups in total. The van der Waals surface area contributed by atoms with Crippen LogP contribution in [0.1, 0.15) is 17.6 Å². The van der Waals surface area contributed by atoms with E-state index in [0.29, 0.717) is 6.20 Å². The van der Waals surface area contributed by atoms with Crippen molar-refractivity contribution in [2.24, 2.45) is 5.14 Å². The van der Waals surface area contributed by atoms with E-state index in [2.05, 4.69) is 4.98 Å². The van der Waals surface area contributed by atoms with Gasteiger partial charge in [-0.15, -0.1) is 0 Å². The summed E-state index contributed by atoms with van der Waals surface area (Å²) in [6, 6.07) is 1.44. The molecule has 0 aliphatic heterocycles. The minimum Gasteiger partial charge on any atom is -0.396 e. The highest BCUT2D eigenvalue weighted by Gasteiger charge is 2.24. The molecular weight excluding hydrogens is 242 g/mol. The lowest BCUT2D eigenvalue weighted by Gasteiger charge is -2.09. The SMILES string of the molecule is N#Cc1cnc(S(N)(=O)=O)c(N)c1C(F)F. The van der Waals surface area contributed by atoms with Crippen molar-refractivity contribution in [3.63, 3.8) is 0 Å². The smallest absolute Gasteiger partial charge is 0.267 e. The second-order valence-electron chi connectivity index (χ2n) is 2.76. The predicted molar refractivity (Wildman–Crippen MR) is 49.7 cm³/mol. The summed E-state index contributed by atoms with van der Waals surface area (Å²) >= 11 is 0. The Bertz CT molecular complexity index is 564. The van der Waals surface area contributed by atoms with Gasteiger partial charge in [0.05, 0.1) is 16.8 Å². The van der Waals surface area contributed by atoms with Gasteiger partial charge < -0.3 is 5.73 Å². The molecule has 6 nitrogen and oxygen atoms in total. The van der Waals surface area contributed by atoms with Gasteiger partial charge in [0.1, 0.15) is 6.07 Å². The molecule has 0 unspecified atom stereocenters. The number of halogens is 2. The maximum atomic E-state index is 12.5. The largest absolute Gasteiger partial charge is 0.396 e. The first-order chi connectivity index (χ1) is 7.29. The van der Waals surface area contributed by atoms with E-state index in [-0.39, 0.29) is 0 Å². The Morgan fingerprint density at radius 3 is 2.44 bits per heavy atom. The highest BCUT2D eigenvalue weighted by Crippen LogP contribution is 2.31. The molecule has 0 radical (unpaired) electrons. The van der Waals surface area contributed by atoms with E-state index in [9.17, 15) is 17.2 Å². The fourth-order valence-corrected chi connectivity index (χ4v) is 1.69. The maximum absolute atomic E-state index is 12.5. The molecule has 0 spiro atoms. The molecule has 9 heteroatoms. The third-order valence-electron chi connectivity index (χ3n) is 1.73. The van der Waals surface area contributed by atoms with Crippen molar-refractivity contribution in [3.8, 4) is 6.07 Å². The summed E-state index contributed by atoms with van der Waals surface area (Å²) in [5, 5.41) is 12.4. The molecule has 0 amide bonds. The lowest BCUT2D eigenvalue weighted by molar-refractivity contribution is 0.151. The number of anilines is 1. The third kappa shape index (κ3) is 2.07. The van der Waals surface area contributed by atoms with E-state index in [1.165, 1.54) is 6.07 Å². The number of pyridine rings is 1. The Morgan fingerprint density at radius 1 is 1.50 bits per heavy atom. The van der Waals surface area contributed by atoms with Crippen LogP contribution in [0.2, 0.25) is 0 Å². The number of alkyl halides is 2. The Labute approximate surface area is 89.5 Å². The highest BCUT2D eigenvalue weighted by molar-refractivity contribution is 7.89. The minimum absolute atomic E-state index is 0.486. The molecule has 86 valence electrons. The van der Waals surface area contributed by atoms with E-state index in [4.69, 9.17) is 16.1 Å². The first kappa shape index (κ1) is 12.3. The minimum atomic E-state index is -4.29. The van der Waals surface area contributed by atoms with Crippen LogP contribution in [0, 0.1) is 11.3 Å². The van der Waals surface area contributed by atoms with E-state index in [1.807, 2.05) is 0 Å². The standard InChI is InChI=1S/C7H6F2N4O2S/c8-6(9)4-3(1-10)2-13-7(5(4)11)16(12,14)15/h2,6H,11H2,(H2,12,14,15). The number of rotatable bonds is 2. The van der Waals surface area contributed by atoms with Gasteiger partial charge in [0.2, 0.25) is 0 Å². The molecule has 0 saturated heterocycles. The Morgan fingerprint density at radius 2 is 2.06 bits per heavy atom. The van der Waals surface area contributed by atoms with Crippen LogP contribution < -0.4 is 10.9 Å². The number of nitrogen functional groups attached to an aromatic ring is 1. The Hall–Kier alpha value is -1.79. The Balaban J connectivity index is 3.65. The first-order valence-electron chi connectivity index (χ1n) is 3.78. The van der Waals surface area contributed by atoms with Crippen molar-refractivity contribution in [1.29, 1.82) is 5.26 Å². The number of hydrogen-bond donors (Lipinski definition) is 2. The summed E-state index contributed by atoms with van der Waals surface area (Å²) in [5.41, 5.74) is 3.04. The van der Waals surface area contributed by atoms with Gasteiger partial charge in [0.25, 0.3) is 16.4 Å². The quantitative estimate of drug-likeness (QED) is 0.769. The van der Waals surface area contributed by atoms with Gasteiger partial charge in [-0.1, -0.05) is 0 Å². The normalized spacial score (nSPS) is 11.4. The number of sulfonamides is 1. The average molecular weight is 248 g/mol. The van der Waals surface area contributed by atoms with Crippen LogP contribution in [0.15, 0.2) is 11.2 Å². The molecule has 0 saturated carbocycles. The van der Waals surface area contributed by atoms with Gasteiger partial charge in [-0.2, -0.15) is 5.26 Å². The van der Waals surface area contributed by atoms with E-state index >= 15 is 0 Å². The summed E-state index contributed by atoms with van der Waals surface area (Å²) in [6.07, 6.45) is -2.39. The van der Waals surface area contributed by atoms with Crippen LogP contribution in [-0.2, 0) is 10.0 Å². The lowest BCUT2D eigenvalue weighted by atomic mass is 10.1. The van der Waals surface area contributed by atoms with Crippen LogP contribution in [0.5, 0.6) is 0 Å². The van der Waals surface area contributed by atoms with Crippen molar-refractivity contribution in [2.75, 3.05) is 5.73 Å². The van der Waals surface area contributed by atoms with Crippen LogP contribution in [-0.4, -0.2) is 13.4 Å². The van der Waals surface area contributed by atoms with Crippen LogP contribution in [0.25, 0.3) is 0 Å². The maximum Gasteiger partial charge on any atom is 0.267 e. The van der Waals surface area contributed by atoms with Gasteiger partial charge in [0.15, 0.2) is 5.03 Å². The zero-order valence-corrected chi connectivity index (χ0v) is 8.50. The summed E-state index contributed by atoms with van der Waals surface area (Å²) in [6.45, 7) is 0. The predicted octanol–water partition coefficient (Wildman–Crippen LogP) is 0.120. The topological polar surface area (TPSA) is 123 Å². The van der Waals surface area contributed by atoms with Crippen molar-refractivity contribution in [2.45, 2.75) is 11.5 Å². The van der Waals surface area contributed by atoms with Gasteiger partial charge in [-0.05, 0) is 0 Å². The molecule has 1 aromatic heterocycles. The second kappa shape index (κ2) is 3.99. The molecule has 0 aromatic carbocycles. The number of aromatic nitrogens is 1. The molecular formula is C7H6F2N4O2S. The molecule has 0 aliphatic rings. The molecule has 0 atom stereocenters. The third-order valence-corrected chi connectivity index (χ3v) is 2.59. The number of nitriles is 1. The summed E-state index contributed by atoms with van der Waals surface area (Å²) in [5.74, 6) is 0. The highest BCUT2D eigenvalue weighted by atomic mass is 32.2. The lowest BCUT2D eigenvalue weighted by Crippen LogP contribution is -2.18. The van der Waals surface area contributed by atoms with Crippen LogP contribution in [0.4, 0.5) is 14.5 Å². The number of primary sulfonamides is 1. The van der Waals surface area contributed by atoms with Gasteiger partial charge in [-0.3, -0.25) is 0 Å². The molecule has 1 heterocycles. The summed E-state index contributed by atoms with van der Waals surface area (Å²) in [4.78, 5) is 3.27. The van der Waals surface area contributed by atoms with E-state index in [1.54, 1.807) is 0 Å². The van der Waals surface area contributed by atoms with E-state index in [0.717, 1.165) is 0 Å². The van der Waals surface area contributed by atoms with Gasteiger partial charge in [0, 0.05) is 6.20 Å².